The summed E-state index contributed by atoms with van der Waals surface area (Å²) in [5.74, 6) is 0.429. The van der Waals surface area contributed by atoms with Crippen molar-refractivity contribution in [1.82, 2.24) is 4.98 Å². The minimum atomic E-state index is 0.429. The molecule has 0 aliphatic carbocycles. The Morgan fingerprint density at radius 2 is 1.95 bits per heavy atom. The summed E-state index contributed by atoms with van der Waals surface area (Å²) in [6.07, 6.45) is 16.2. The van der Waals surface area contributed by atoms with Gasteiger partial charge in [-0.1, -0.05) is 38.3 Å². The lowest BCUT2D eigenvalue weighted by Gasteiger charge is -2.00. The Bertz CT molecular complexity index is 384. The van der Waals surface area contributed by atoms with E-state index in [0.717, 1.165) is 44.2 Å². The van der Waals surface area contributed by atoms with E-state index in [1.165, 1.54) is 19.3 Å². The molecular formula is C18H26NO. The van der Waals surface area contributed by atoms with Crippen molar-refractivity contribution in [2.24, 2.45) is 0 Å². The predicted molar refractivity (Wildman–Crippen MR) is 83.4 cm³/mol. The van der Waals surface area contributed by atoms with Crippen LogP contribution in [0.25, 0.3) is 0 Å². The maximum absolute atomic E-state index is 11.6. The fourth-order valence-electron chi connectivity index (χ4n) is 2.07. The number of hydrogen-bond donors (Lipinski definition) is 0. The van der Waals surface area contributed by atoms with Crippen LogP contribution in [0.2, 0.25) is 0 Å². The largest absolute Gasteiger partial charge is 0.300 e. The zero-order valence-electron chi connectivity index (χ0n) is 12.6. The lowest BCUT2D eigenvalue weighted by molar-refractivity contribution is -0.119. The minimum Gasteiger partial charge on any atom is -0.300 e. The molecule has 0 saturated carbocycles. The van der Waals surface area contributed by atoms with Crippen LogP contribution in [0.1, 0.15) is 70.4 Å². The van der Waals surface area contributed by atoms with Crippen molar-refractivity contribution in [2.45, 2.75) is 64.7 Å². The Balaban J connectivity index is 1.99. The molecule has 0 saturated heterocycles. The fraction of sp³-hybridized carbons (Fsp3) is 0.556. The summed E-state index contributed by atoms with van der Waals surface area (Å²) in [5.41, 5.74) is 0.875. The number of nitrogens with zero attached hydrogens (tertiary/aromatic N) is 1. The van der Waals surface area contributed by atoms with Gasteiger partial charge >= 0.3 is 0 Å². The van der Waals surface area contributed by atoms with Crippen LogP contribution < -0.4 is 0 Å². The highest BCUT2D eigenvalue weighted by Crippen LogP contribution is 2.08. The van der Waals surface area contributed by atoms with Crippen LogP contribution >= 0.6 is 0 Å². The summed E-state index contributed by atoms with van der Waals surface area (Å²) in [6, 6.07) is 5.80. The summed E-state index contributed by atoms with van der Waals surface area (Å²) < 4.78 is 0. The van der Waals surface area contributed by atoms with Gasteiger partial charge < -0.3 is 0 Å². The van der Waals surface area contributed by atoms with E-state index in [9.17, 15) is 4.79 Å². The molecule has 0 aromatic carbocycles. The SMILES string of the molecule is CCCCCCC(=O)CCCC/C=[C]\c1ccccn1. The Morgan fingerprint density at radius 3 is 2.65 bits per heavy atom. The van der Waals surface area contributed by atoms with Crippen molar-refractivity contribution >= 4 is 5.78 Å². The lowest BCUT2D eigenvalue weighted by Crippen LogP contribution is -1.97. The van der Waals surface area contributed by atoms with Gasteiger partial charge in [-0.05, 0) is 37.8 Å². The number of carbonyl (C=O) groups excluding carboxylic acids is 1. The van der Waals surface area contributed by atoms with Gasteiger partial charge in [0.2, 0.25) is 0 Å². The molecule has 0 unspecified atom stereocenters. The first kappa shape index (κ1) is 16.6. The third-order valence-corrected chi connectivity index (χ3v) is 3.28. The molecule has 0 N–H and O–H groups in total. The van der Waals surface area contributed by atoms with E-state index in [4.69, 9.17) is 0 Å². The van der Waals surface area contributed by atoms with Crippen LogP contribution in [0.15, 0.2) is 30.5 Å². The molecule has 0 aliphatic rings. The number of allylic oxidation sites excluding steroid dienone is 1. The molecule has 1 aromatic heterocycles. The highest BCUT2D eigenvalue weighted by Gasteiger charge is 2.00. The van der Waals surface area contributed by atoms with E-state index in [-0.39, 0.29) is 0 Å². The van der Waals surface area contributed by atoms with Crippen molar-refractivity contribution in [3.8, 4) is 0 Å². The van der Waals surface area contributed by atoms with Gasteiger partial charge in [-0.25, -0.2) is 0 Å². The van der Waals surface area contributed by atoms with Gasteiger partial charge in [0.05, 0.1) is 5.69 Å². The second kappa shape index (κ2) is 11.4. The summed E-state index contributed by atoms with van der Waals surface area (Å²) in [4.78, 5) is 15.8. The molecule has 0 fully saturated rings. The van der Waals surface area contributed by atoms with Crippen LogP contribution in [0.5, 0.6) is 0 Å². The first-order chi connectivity index (χ1) is 9.83. The molecule has 0 spiro atoms. The number of hydrogen-bond acceptors (Lipinski definition) is 2. The number of unbranched alkanes of at least 4 members (excludes halogenated alkanes) is 5. The second-order valence-electron chi connectivity index (χ2n) is 5.16. The van der Waals surface area contributed by atoms with Crippen molar-refractivity contribution in [3.63, 3.8) is 0 Å². The number of carbonyl (C=O) groups is 1. The molecule has 1 heterocycles. The van der Waals surface area contributed by atoms with Crippen molar-refractivity contribution < 1.29 is 4.79 Å². The highest BCUT2D eigenvalue weighted by atomic mass is 16.1. The van der Waals surface area contributed by atoms with Crippen LogP contribution in [0, 0.1) is 6.08 Å². The molecule has 20 heavy (non-hydrogen) atoms. The van der Waals surface area contributed by atoms with Gasteiger partial charge in [-0.2, -0.15) is 0 Å². The van der Waals surface area contributed by atoms with Crippen molar-refractivity contribution in [1.29, 1.82) is 0 Å². The molecule has 109 valence electrons. The smallest absolute Gasteiger partial charge is 0.132 e. The van der Waals surface area contributed by atoms with Crippen LogP contribution in [-0.4, -0.2) is 10.8 Å². The highest BCUT2D eigenvalue weighted by molar-refractivity contribution is 5.78. The summed E-state index contributed by atoms with van der Waals surface area (Å²) >= 11 is 0. The van der Waals surface area contributed by atoms with E-state index < -0.39 is 0 Å². The fourth-order valence-corrected chi connectivity index (χ4v) is 2.07. The maximum atomic E-state index is 11.6. The van der Waals surface area contributed by atoms with E-state index >= 15 is 0 Å². The van der Waals surface area contributed by atoms with E-state index in [2.05, 4.69) is 18.0 Å². The monoisotopic (exact) mass is 272 g/mol. The molecule has 2 nitrogen and oxygen atoms in total. The first-order valence-corrected chi connectivity index (χ1v) is 7.84. The molecular weight excluding hydrogens is 246 g/mol. The normalized spacial score (nSPS) is 11.1. The van der Waals surface area contributed by atoms with Gasteiger partial charge in [0, 0.05) is 25.1 Å². The third-order valence-electron chi connectivity index (χ3n) is 3.28. The molecule has 1 radical (unpaired) electrons. The lowest BCUT2D eigenvalue weighted by atomic mass is 10.1. The zero-order valence-corrected chi connectivity index (χ0v) is 12.6. The quantitative estimate of drug-likeness (QED) is 0.537. The van der Waals surface area contributed by atoms with E-state index in [0.29, 0.717) is 5.78 Å². The van der Waals surface area contributed by atoms with Gasteiger partial charge in [0.1, 0.15) is 5.78 Å². The van der Waals surface area contributed by atoms with E-state index in [1.54, 1.807) is 6.20 Å². The number of rotatable bonds is 11. The molecule has 0 bridgehead atoms. The summed E-state index contributed by atoms with van der Waals surface area (Å²) in [5, 5.41) is 0. The zero-order chi connectivity index (χ0) is 14.5. The number of ketones is 1. The van der Waals surface area contributed by atoms with Crippen LogP contribution in [0.4, 0.5) is 0 Å². The minimum absolute atomic E-state index is 0.429. The predicted octanol–water partition coefficient (Wildman–Crippen LogP) is 4.89. The molecule has 0 amide bonds. The Hall–Kier alpha value is -1.44. The topological polar surface area (TPSA) is 30.0 Å². The second-order valence-corrected chi connectivity index (χ2v) is 5.16. The van der Waals surface area contributed by atoms with Crippen LogP contribution in [-0.2, 0) is 4.79 Å². The average Bonchev–Trinajstić information content (AvgIpc) is 2.48. The maximum Gasteiger partial charge on any atom is 0.132 e. The number of pyridine rings is 1. The molecule has 1 aromatic rings. The van der Waals surface area contributed by atoms with Crippen LogP contribution in [0.3, 0.4) is 0 Å². The summed E-state index contributed by atoms with van der Waals surface area (Å²) in [7, 11) is 0. The third kappa shape index (κ3) is 8.63. The number of Topliss-reactive ketones (excluding diaryl/α,β-unsaturated/α-hetero) is 1. The molecule has 2 heteroatoms. The summed E-state index contributed by atoms with van der Waals surface area (Å²) in [6.45, 7) is 2.19. The first-order valence-electron chi connectivity index (χ1n) is 7.84. The van der Waals surface area contributed by atoms with Crippen molar-refractivity contribution in [3.05, 3.63) is 42.2 Å². The molecule has 1 rings (SSSR count). The van der Waals surface area contributed by atoms with Gasteiger partial charge in [-0.3, -0.25) is 9.78 Å². The Kier molecular flexibility index (Phi) is 9.46. The van der Waals surface area contributed by atoms with Gasteiger partial charge in [0.25, 0.3) is 0 Å². The van der Waals surface area contributed by atoms with Gasteiger partial charge in [-0.15, -0.1) is 0 Å². The Morgan fingerprint density at radius 1 is 1.15 bits per heavy atom. The Labute approximate surface area is 123 Å². The standard InChI is InChI=1S/C18H26NO/c1-2-3-4-8-14-18(20)15-9-6-5-7-12-17-13-10-11-16-19-17/h7,10-11,13,16H,2-6,8-9,14-15H2,1H3. The number of aromatic nitrogens is 1. The van der Waals surface area contributed by atoms with Gasteiger partial charge in [0.15, 0.2) is 0 Å². The molecule has 0 aliphatic heterocycles. The van der Waals surface area contributed by atoms with Crippen molar-refractivity contribution in [2.75, 3.05) is 0 Å². The van der Waals surface area contributed by atoms with E-state index in [1.807, 2.05) is 24.3 Å². The molecule has 0 atom stereocenters. The average molecular weight is 272 g/mol.